The number of carbonyl (C=O) groups excluding carboxylic acids is 1. The average Bonchev–Trinajstić information content (AvgIpc) is 3.11. The summed E-state index contributed by atoms with van der Waals surface area (Å²) in [5.41, 5.74) is 3.21. The first-order chi connectivity index (χ1) is 11.1. The van der Waals surface area contributed by atoms with Crippen molar-refractivity contribution in [2.45, 2.75) is 6.92 Å². The Morgan fingerprint density at radius 3 is 2.78 bits per heavy atom. The number of para-hydroxylation sites is 1. The largest absolute Gasteiger partial charge is 0.319 e. The van der Waals surface area contributed by atoms with Gasteiger partial charge in [0, 0.05) is 18.9 Å². The summed E-state index contributed by atoms with van der Waals surface area (Å²) >= 11 is 1.50. The second-order valence-electron chi connectivity index (χ2n) is 5.35. The number of fused-ring (bicyclic) bond motifs is 2. The SMILES string of the molecule is Cc1cccc2nc(C(=O)N=c3sc4ccccc4n3C)cn12. The van der Waals surface area contributed by atoms with E-state index in [-0.39, 0.29) is 5.91 Å². The summed E-state index contributed by atoms with van der Waals surface area (Å²) in [6.07, 6.45) is 1.74. The minimum absolute atomic E-state index is 0.324. The van der Waals surface area contributed by atoms with E-state index >= 15 is 0 Å². The highest BCUT2D eigenvalue weighted by molar-refractivity contribution is 7.16. The van der Waals surface area contributed by atoms with E-state index in [1.165, 1.54) is 11.3 Å². The molecule has 0 spiro atoms. The Balaban J connectivity index is 1.84. The van der Waals surface area contributed by atoms with Crippen molar-refractivity contribution in [2.75, 3.05) is 0 Å². The van der Waals surface area contributed by atoms with E-state index in [0.29, 0.717) is 10.5 Å². The molecule has 1 aromatic carbocycles. The zero-order valence-electron chi connectivity index (χ0n) is 12.7. The van der Waals surface area contributed by atoms with Gasteiger partial charge in [-0.3, -0.25) is 4.79 Å². The van der Waals surface area contributed by atoms with E-state index in [1.807, 2.05) is 65.4 Å². The van der Waals surface area contributed by atoms with E-state index in [9.17, 15) is 4.79 Å². The molecule has 0 bridgehead atoms. The summed E-state index contributed by atoms with van der Waals surface area (Å²) in [6, 6.07) is 13.8. The van der Waals surface area contributed by atoms with Gasteiger partial charge in [-0.05, 0) is 31.2 Å². The number of hydrogen-bond acceptors (Lipinski definition) is 3. The lowest BCUT2D eigenvalue weighted by Gasteiger charge is -1.95. The molecule has 4 rings (SSSR count). The normalized spacial score (nSPS) is 12.3. The fraction of sp³-hybridized carbons (Fsp3) is 0.118. The Labute approximate surface area is 136 Å². The molecule has 3 aromatic heterocycles. The molecule has 0 atom stereocenters. The van der Waals surface area contributed by atoms with Crippen molar-refractivity contribution in [1.29, 1.82) is 0 Å². The first-order valence-corrected chi connectivity index (χ1v) is 8.03. The van der Waals surface area contributed by atoms with E-state index in [4.69, 9.17) is 0 Å². The van der Waals surface area contributed by atoms with Crippen LogP contribution in [-0.4, -0.2) is 19.9 Å². The summed E-state index contributed by atoms with van der Waals surface area (Å²) in [7, 11) is 1.92. The Kier molecular flexibility index (Phi) is 3.12. The molecule has 0 N–H and O–H groups in total. The van der Waals surface area contributed by atoms with Crippen LogP contribution in [0, 0.1) is 6.92 Å². The molecule has 6 heteroatoms. The van der Waals surface area contributed by atoms with Gasteiger partial charge in [-0.15, -0.1) is 0 Å². The van der Waals surface area contributed by atoms with Crippen LogP contribution >= 0.6 is 11.3 Å². The van der Waals surface area contributed by atoms with Gasteiger partial charge in [-0.1, -0.05) is 29.5 Å². The average molecular weight is 322 g/mol. The summed E-state index contributed by atoms with van der Waals surface area (Å²) < 4.78 is 4.93. The smallest absolute Gasteiger partial charge is 0.299 e. The summed E-state index contributed by atoms with van der Waals surface area (Å²) in [4.78, 5) is 21.8. The van der Waals surface area contributed by atoms with Crippen LogP contribution in [0.4, 0.5) is 0 Å². The number of benzene rings is 1. The number of aromatic nitrogens is 3. The Morgan fingerprint density at radius 2 is 2.00 bits per heavy atom. The van der Waals surface area contributed by atoms with Gasteiger partial charge in [0.1, 0.15) is 11.3 Å². The van der Waals surface area contributed by atoms with Crippen LogP contribution < -0.4 is 4.80 Å². The fourth-order valence-corrected chi connectivity index (χ4v) is 3.60. The summed E-state index contributed by atoms with van der Waals surface area (Å²) in [5, 5.41) is 0. The monoisotopic (exact) mass is 322 g/mol. The lowest BCUT2D eigenvalue weighted by molar-refractivity contribution is 0.0994. The molecule has 4 aromatic rings. The predicted octanol–water partition coefficient (Wildman–Crippen LogP) is 2.94. The quantitative estimate of drug-likeness (QED) is 0.541. The molecule has 3 heterocycles. The van der Waals surface area contributed by atoms with Gasteiger partial charge >= 0.3 is 0 Å². The van der Waals surface area contributed by atoms with Crippen LogP contribution in [0.3, 0.4) is 0 Å². The molecule has 114 valence electrons. The van der Waals surface area contributed by atoms with E-state index in [0.717, 1.165) is 21.6 Å². The molecular formula is C17H14N4OS. The van der Waals surface area contributed by atoms with Crippen molar-refractivity contribution < 1.29 is 4.79 Å². The molecule has 0 aliphatic rings. The lowest BCUT2D eigenvalue weighted by atomic mass is 10.3. The number of pyridine rings is 1. The molecule has 0 unspecified atom stereocenters. The molecule has 0 radical (unpaired) electrons. The second kappa shape index (κ2) is 5.17. The first-order valence-electron chi connectivity index (χ1n) is 7.22. The minimum Gasteiger partial charge on any atom is -0.319 e. The molecule has 0 saturated heterocycles. The van der Waals surface area contributed by atoms with Crippen LogP contribution in [0.1, 0.15) is 16.2 Å². The Bertz CT molecular complexity index is 1120. The van der Waals surface area contributed by atoms with Crippen molar-refractivity contribution in [3.05, 3.63) is 64.9 Å². The number of aryl methyl sites for hydroxylation is 2. The van der Waals surface area contributed by atoms with Crippen LogP contribution in [0.5, 0.6) is 0 Å². The van der Waals surface area contributed by atoms with Gasteiger partial charge in [0.15, 0.2) is 4.80 Å². The van der Waals surface area contributed by atoms with Crippen LogP contribution in [0.15, 0.2) is 53.7 Å². The minimum atomic E-state index is -0.324. The maximum atomic E-state index is 12.5. The Hall–Kier alpha value is -2.73. The number of rotatable bonds is 1. The van der Waals surface area contributed by atoms with Gasteiger partial charge in [0.05, 0.1) is 10.2 Å². The highest BCUT2D eigenvalue weighted by atomic mass is 32.1. The number of amides is 1. The molecular weight excluding hydrogens is 308 g/mol. The molecule has 1 amide bonds. The van der Waals surface area contributed by atoms with Crippen LogP contribution in [-0.2, 0) is 7.05 Å². The molecule has 5 nitrogen and oxygen atoms in total. The summed E-state index contributed by atoms with van der Waals surface area (Å²) in [5.74, 6) is -0.324. The topological polar surface area (TPSA) is 51.7 Å². The number of carbonyl (C=O) groups is 1. The Morgan fingerprint density at radius 1 is 1.17 bits per heavy atom. The maximum Gasteiger partial charge on any atom is 0.299 e. The third-order valence-electron chi connectivity index (χ3n) is 3.83. The number of thiazole rings is 1. The zero-order valence-corrected chi connectivity index (χ0v) is 13.5. The maximum absolute atomic E-state index is 12.5. The van der Waals surface area contributed by atoms with Crippen LogP contribution in [0.25, 0.3) is 15.9 Å². The van der Waals surface area contributed by atoms with Gasteiger partial charge in [0.2, 0.25) is 0 Å². The third kappa shape index (κ3) is 2.27. The highest BCUT2D eigenvalue weighted by Crippen LogP contribution is 2.15. The van der Waals surface area contributed by atoms with Gasteiger partial charge in [-0.2, -0.15) is 4.99 Å². The molecule has 0 aliphatic heterocycles. The van der Waals surface area contributed by atoms with Crippen molar-refractivity contribution in [3.63, 3.8) is 0 Å². The second-order valence-corrected chi connectivity index (χ2v) is 6.36. The standard InChI is InChI=1S/C17H14N4OS/c1-11-6-5-9-15-18-12(10-21(11)15)16(22)19-17-20(2)13-7-3-4-8-14(13)23-17/h3-10H,1-2H3. The van der Waals surface area contributed by atoms with Gasteiger partial charge in [-0.25, -0.2) is 4.98 Å². The van der Waals surface area contributed by atoms with Crippen LogP contribution in [0.2, 0.25) is 0 Å². The zero-order chi connectivity index (χ0) is 16.0. The van der Waals surface area contributed by atoms with Crippen molar-refractivity contribution in [1.82, 2.24) is 14.0 Å². The van der Waals surface area contributed by atoms with E-state index in [1.54, 1.807) is 6.20 Å². The van der Waals surface area contributed by atoms with Crippen molar-refractivity contribution in [3.8, 4) is 0 Å². The third-order valence-corrected chi connectivity index (χ3v) is 4.94. The number of imidazole rings is 1. The molecule has 23 heavy (non-hydrogen) atoms. The van der Waals surface area contributed by atoms with Crippen molar-refractivity contribution in [2.24, 2.45) is 12.0 Å². The molecule has 0 aliphatic carbocycles. The molecule has 0 fully saturated rings. The summed E-state index contributed by atoms with van der Waals surface area (Å²) in [6.45, 7) is 1.98. The van der Waals surface area contributed by atoms with Crippen molar-refractivity contribution >= 4 is 33.1 Å². The number of hydrogen-bond donors (Lipinski definition) is 0. The molecule has 0 saturated carbocycles. The van der Waals surface area contributed by atoms with Gasteiger partial charge < -0.3 is 8.97 Å². The fourth-order valence-electron chi connectivity index (χ4n) is 2.58. The lowest BCUT2D eigenvalue weighted by Crippen LogP contribution is -2.13. The van der Waals surface area contributed by atoms with E-state index in [2.05, 4.69) is 9.98 Å². The number of nitrogens with zero attached hydrogens (tertiary/aromatic N) is 4. The highest BCUT2D eigenvalue weighted by Gasteiger charge is 2.11. The van der Waals surface area contributed by atoms with E-state index < -0.39 is 0 Å². The van der Waals surface area contributed by atoms with Gasteiger partial charge in [0.25, 0.3) is 5.91 Å². The first kappa shape index (κ1) is 13.9. The predicted molar refractivity (Wildman–Crippen MR) is 90.6 cm³/mol.